The van der Waals surface area contributed by atoms with Gasteiger partial charge in [0, 0.05) is 23.6 Å². The summed E-state index contributed by atoms with van der Waals surface area (Å²) in [5.74, 6) is -0.548. The number of rotatable bonds is 6. The Bertz CT molecular complexity index is 1200. The van der Waals surface area contributed by atoms with Gasteiger partial charge in [0.2, 0.25) is 0 Å². The molecule has 0 radical (unpaired) electrons. The number of ether oxygens (including phenoxy) is 2. The molecule has 30 heavy (non-hydrogen) atoms. The normalized spacial score (nSPS) is 14.3. The molecule has 0 amide bonds. The summed E-state index contributed by atoms with van der Waals surface area (Å²) < 4.78 is 11.7. The van der Waals surface area contributed by atoms with Crippen LogP contribution in [0.25, 0.3) is 22.3 Å². The minimum absolute atomic E-state index is 0.0314. The molecule has 7 heteroatoms. The largest absolute Gasteiger partial charge is 0.469 e. The van der Waals surface area contributed by atoms with E-state index in [2.05, 4.69) is 0 Å². The molecule has 4 rings (SSSR count). The number of methoxy groups -OCH3 is 2. The molecule has 3 aromatic rings. The second-order valence-corrected chi connectivity index (χ2v) is 7.57. The van der Waals surface area contributed by atoms with Crippen molar-refractivity contribution in [2.75, 3.05) is 14.2 Å². The minimum atomic E-state index is -1.55. The fourth-order valence-electron chi connectivity index (χ4n) is 4.14. The van der Waals surface area contributed by atoms with Crippen LogP contribution in [0.15, 0.2) is 41.2 Å². The highest BCUT2D eigenvalue weighted by Gasteiger charge is 2.36. The van der Waals surface area contributed by atoms with E-state index < -0.39 is 11.6 Å². The Hall–Kier alpha value is -3.03. The minimum Gasteiger partial charge on any atom is -0.469 e. The van der Waals surface area contributed by atoms with Crippen molar-refractivity contribution < 1.29 is 19.4 Å². The van der Waals surface area contributed by atoms with Crippen molar-refractivity contribution in [1.82, 2.24) is 9.55 Å². The van der Waals surface area contributed by atoms with Crippen LogP contribution in [0.3, 0.4) is 0 Å². The van der Waals surface area contributed by atoms with Gasteiger partial charge in [-0.05, 0) is 30.2 Å². The Morgan fingerprint density at radius 3 is 2.73 bits per heavy atom. The van der Waals surface area contributed by atoms with E-state index in [-0.39, 0.29) is 25.0 Å². The molecule has 0 spiro atoms. The summed E-state index contributed by atoms with van der Waals surface area (Å²) in [6.45, 7) is 2.20. The molecule has 1 aromatic carbocycles. The van der Waals surface area contributed by atoms with Gasteiger partial charge < -0.3 is 19.1 Å². The summed E-state index contributed by atoms with van der Waals surface area (Å²) in [5.41, 5.74) is 2.06. The summed E-state index contributed by atoms with van der Waals surface area (Å²) in [5, 5.41) is 12.4. The van der Waals surface area contributed by atoms with Crippen molar-refractivity contribution in [3.8, 4) is 11.4 Å². The van der Waals surface area contributed by atoms with E-state index in [1.165, 1.54) is 14.2 Å². The number of aliphatic hydroxyl groups is 1. The molecular weight excluding hydrogens is 384 g/mol. The second-order valence-electron chi connectivity index (χ2n) is 7.57. The number of para-hydroxylation sites is 1. The molecule has 1 aliphatic heterocycles. The number of carbonyl (C=O) groups excluding carboxylic acids is 1. The molecule has 1 aliphatic rings. The van der Waals surface area contributed by atoms with Gasteiger partial charge in [-0.3, -0.25) is 9.59 Å². The third-order valence-electron chi connectivity index (χ3n) is 5.81. The van der Waals surface area contributed by atoms with E-state index >= 15 is 0 Å². The van der Waals surface area contributed by atoms with E-state index in [1.807, 2.05) is 30.3 Å². The van der Waals surface area contributed by atoms with Gasteiger partial charge in [0.25, 0.3) is 5.56 Å². The first-order chi connectivity index (χ1) is 14.4. The molecule has 0 bridgehead atoms. The number of pyridine rings is 2. The van der Waals surface area contributed by atoms with Crippen molar-refractivity contribution in [1.29, 1.82) is 0 Å². The highest BCUT2D eigenvalue weighted by Crippen LogP contribution is 2.37. The molecule has 1 unspecified atom stereocenters. The number of fused-ring (bicyclic) bond motifs is 4. The maximum Gasteiger partial charge on any atom is 0.308 e. The lowest BCUT2D eigenvalue weighted by Crippen LogP contribution is -2.35. The number of carbonyl (C=O) groups is 1. The van der Waals surface area contributed by atoms with Gasteiger partial charge in [-0.25, -0.2) is 4.98 Å². The molecule has 3 heterocycles. The van der Waals surface area contributed by atoms with Crippen LogP contribution in [0, 0.1) is 0 Å². The van der Waals surface area contributed by atoms with Crippen molar-refractivity contribution >= 4 is 16.9 Å². The summed E-state index contributed by atoms with van der Waals surface area (Å²) in [7, 11) is 2.77. The number of hydrogen-bond acceptors (Lipinski definition) is 6. The van der Waals surface area contributed by atoms with Crippen LogP contribution in [0.4, 0.5) is 0 Å². The van der Waals surface area contributed by atoms with Crippen LogP contribution >= 0.6 is 0 Å². The molecule has 7 nitrogen and oxygen atoms in total. The zero-order valence-corrected chi connectivity index (χ0v) is 17.3. The summed E-state index contributed by atoms with van der Waals surface area (Å²) in [6, 6.07) is 11.6. The van der Waals surface area contributed by atoms with E-state index in [9.17, 15) is 14.7 Å². The molecular formula is C23H24N2O5. The standard InChI is InChI=1S/C23H24N2O5/c1-4-23(28,11-20(26)30-3)17-10-19-21-15(9-14-7-5-6-8-18(14)24-21)12-25(19)22(27)16(17)13-29-2/h5-10,28H,4,11-13H2,1-3H3. The van der Waals surface area contributed by atoms with Crippen LogP contribution in [-0.2, 0) is 33.0 Å². The Morgan fingerprint density at radius 2 is 2.03 bits per heavy atom. The molecule has 2 aromatic heterocycles. The molecule has 1 N–H and O–H groups in total. The number of aromatic nitrogens is 2. The van der Waals surface area contributed by atoms with Crippen molar-refractivity contribution in [3.63, 3.8) is 0 Å². The number of esters is 1. The van der Waals surface area contributed by atoms with Crippen LogP contribution < -0.4 is 5.56 Å². The predicted molar refractivity (Wildman–Crippen MR) is 112 cm³/mol. The van der Waals surface area contributed by atoms with Gasteiger partial charge in [0.15, 0.2) is 0 Å². The van der Waals surface area contributed by atoms with Crippen molar-refractivity contribution in [2.45, 2.75) is 38.5 Å². The summed E-state index contributed by atoms with van der Waals surface area (Å²) >= 11 is 0. The topological polar surface area (TPSA) is 90.7 Å². The third kappa shape index (κ3) is 3.20. The smallest absolute Gasteiger partial charge is 0.308 e. The van der Waals surface area contributed by atoms with Crippen LogP contribution in [0.2, 0.25) is 0 Å². The monoisotopic (exact) mass is 408 g/mol. The lowest BCUT2D eigenvalue weighted by atomic mass is 9.85. The maximum atomic E-state index is 13.4. The van der Waals surface area contributed by atoms with E-state index in [1.54, 1.807) is 17.6 Å². The Labute approximate surface area is 173 Å². The molecule has 1 atom stereocenters. The second kappa shape index (κ2) is 7.66. The van der Waals surface area contributed by atoms with E-state index in [4.69, 9.17) is 14.5 Å². The van der Waals surface area contributed by atoms with Gasteiger partial charge in [0.1, 0.15) is 5.60 Å². The number of benzene rings is 1. The first kappa shape index (κ1) is 20.3. The van der Waals surface area contributed by atoms with Gasteiger partial charge in [-0.2, -0.15) is 0 Å². The first-order valence-corrected chi connectivity index (χ1v) is 9.86. The van der Waals surface area contributed by atoms with Gasteiger partial charge in [0.05, 0.1) is 43.6 Å². The van der Waals surface area contributed by atoms with Crippen LogP contribution in [0.1, 0.15) is 36.5 Å². The average molecular weight is 408 g/mol. The zero-order valence-electron chi connectivity index (χ0n) is 17.3. The van der Waals surface area contributed by atoms with Crippen molar-refractivity contribution in [3.05, 3.63) is 63.4 Å². The molecule has 0 fully saturated rings. The highest BCUT2D eigenvalue weighted by molar-refractivity contribution is 5.84. The van der Waals surface area contributed by atoms with Gasteiger partial charge in [-0.15, -0.1) is 0 Å². The Morgan fingerprint density at radius 1 is 1.27 bits per heavy atom. The lowest BCUT2D eigenvalue weighted by Gasteiger charge is -2.29. The molecule has 0 aliphatic carbocycles. The lowest BCUT2D eigenvalue weighted by molar-refractivity contribution is -0.146. The Balaban J connectivity index is 1.96. The van der Waals surface area contributed by atoms with Crippen LogP contribution in [0.5, 0.6) is 0 Å². The molecule has 156 valence electrons. The summed E-state index contributed by atoms with van der Waals surface area (Å²) in [6.07, 6.45) is -0.0165. The number of nitrogens with zero attached hydrogens (tertiary/aromatic N) is 2. The van der Waals surface area contributed by atoms with Crippen molar-refractivity contribution in [2.24, 2.45) is 0 Å². The maximum absolute atomic E-state index is 13.4. The third-order valence-corrected chi connectivity index (χ3v) is 5.81. The van der Waals surface area contributed by atoms with E-state index in [0.717, 1.165) is 16.5 Å². The quantitative estimate of drug-likeness (QED) is 0.494. The average Bonchev–Trinajstić information content (AvgIpc) is 3.11. The molecule has 0 saturated carbocycles. The highest BCUT2D eigenvalue weighted by atomic mass is 16.5. The van der Waals surface area contributed by atoms with E-state index in [0.29, 0.717) is 29.1 Å². The molecule has 0 saturated heterocycles. The fraction of sp³-hybridized carbons (Fsp3) is 0.348. The number of hydrogen-bond donors (Lipinski definition) is 1. The van der Waals surface area contributed by atoms with Gasteiger partial charge >= 0.3 is 5.97 Å². The van der Waals surface area contributed by atoms with Gasteiger partial charge in [-0.1, -0.05) is 25.1 Å². The SMILES string of the molecule is CCC(O)(CC(=O)OC)c1cc2n(c(=O)c1COC)Cc1cc3ccccc3nc1-2. The summed E-state index contributed by atoms with van der Waals surface area (Å²) in [4.78, 5) is 30.1. The zero-order chi connectivity index (χ0) is 21.5. The predicted octanol–water partition coefficient (Wildman–Crippen LogP) is 2.73. The first-order valence-electron chi connectivity index (χ1n) is 9.86. The fourth-order valence-corrected chi connectivity index (χ4v) is 4.14. The van der Waals surface area contributed by atoms with Crippen LogP contribution in [-0.4, -0.2) is 34.8 Å². The Kier molecular flexibility index (Phi) is 5.17.